The van der Waals surface area contributed by atoms with Gasteiger partial charge < -0.3 is 32.5 Å². The first-order valence-electron chi connectivity index (χ1n) is 11.0. The van der Waals surface area contributed by atoms with Gasteiger partial charge in [0.2, 0.25) is 0 Å². The van der Waals surface area contributed by atoms with E-state index in [4.69, 9.17) is 31.5 Å². The number of urea groups is 1. The number of halogens is 6. The van der Waals surface area contributed by atoms with Crippen LogP contribution >= 0.6 is 0 Å². The van der Waals surface area contributed by atoms with E-state index in [2.05, 4.69) is 20.8 Å². The number of aliphatic carboxylic acids is 2. The Morgan fingerprint density at radius 2 is 1.19 bits per heavy atom. The molecule has 0 radical (unpaired) electrons. The highest BCUT2D eigenvalue weighted by molar-refractivity contribution is 6.02. The Hall–Kier alpha value is -5.61. The van der Waals surface area contributed by atoms with E-state index in [1.807, 2.05) is 60.7 Å². The first kappa shape index (κ1) is 34.4. The average molecular weight is 600 g/mol. The molecule has 2 amide bonds. The van der Waals surface area contributed by atoms with Crippen LogP contribution in [0, 0.1) is 0 Å². The number of carboxylic acids is 2. The fourth-order valence-electron chi connectivity index (χ4n) is 2.74. The van der Waals surface area contributed by atoms with Gasteiger partial charge in [-0.25, -0.2) is 14.4 Å². The number of nitrogens with one attached hydrogen (secondary N) is 2. The highest BCUT2D eigenvalue weighted by atomic mass is 19.4. The van der Waals surface area contributed by atoms with Crippen LogP contribution < -0.4 is 22.3 Å². The summed E-state index contributed by atoms with van der Waals surface area (Å²) in [4.78, 5) is 30.2. The molecular weight excluding hydrogens is 578 g/mol. The van der Waals surface area contributed by atoms with Crippen molar-refractivity contribution in [2.45, 2.75) is 12.4 Å². The molecule has 0 fully saturated rings. The number of carbonyl (C=O) groups is 3. The molecule has 3 aromatic carbocycles. The topological polar surface area (TPSA) is 192 Å². The lowest BCUT2D eigenvalue weighted by molar-refractivity contribution is -0.193. The zero-order valence-electron chi connectivity index (χ0n) is 21.0. The predicted octanol–water partition coefficient (Wildman–Crippen LogP) is 4.85. The van der Waals surface area contributed by atoms with Gasteiger partial charge in [-0.3, -0.25) is 0 Å². The third kappa shape index (κ3) is 12.5. The van der Waals surface area contributed by atoms with Crippen molar-refractivity contribution < 1.29 is 50.9 Å². The summed E-state index contributed by atoms with van der Waals surface area (Å²) >= 11 is 0. The molecule has 3 rings (SSSR count). The number of para-hydroxylation sites is 1. The molecule has 0 unspecified atom stereocenters. The second-order valence-electron chi connectivity index (χ2n) is 7.53. The van der Waals surface area contributed by atoms with E-state index in [-0.39, 0.29) is 6.03 Å². The normalized spacial score (nSPS) is 11.1. The minimum Gasteiger partial charge on any atom is -0.475 e. The van der Waals surface area contributed by atoms with Crippen molar-refractivity contribution in [2.75, 3.05) is 10.6 Å². The molecule has 0 saturated carbocycles. The lowest BCUT2D eigenvalue weighted by Crippen LogP contribution is -2.21. The maximum Gasteiger partial charge on any atom is 0.490 e. The average Bonchev–Trinajstić information content (AvgIpc) is 2.90. The van der Waals surface area contributed by atoms with Crippen molar-refractivity contribution in [1.82, 2.24) is 0 Å². The van der Waals surface area contributed by atoms with E-state index in [1.165, 1.54) is 6.21 Å². The van der Waals surface area contributed by atoms with Gasteiger partial charge in [-0.05, 0) is 41.0 Å². The van der Waals surface area contributed by atoms with Crippen LogP contribution in [-0.4, -0.2) is 53.0 Å². The van der Waals surface area contributed by atoms with Crippen LogP contribution in [0.3, 0.4) is 0 Å². The van der Waals surface area contributed by atoms with Crippen molar-refractivity contribution in [1.29, 1.82) is 0 Å². The summed E-state index contributed by atoms with van der Waals surface area (Å²) < 4.78 is 63.5. The third-order valence-corrected chi connectivity index (χ3v) is 4.47. The molecule has 224 valence electrons. The number of rotatable bonds is 5. The van der Waals surface area contributed by atoms with Crippen LogP contribution in [0.2, 0.25) is 0 Å². The van der Waals surface area contributed by atoms with Gasteiger partial charge in [0, 0.05) is 11.3 Å². The molecule has 17 heteroatoms. The molecule has 0 aliphatic carbocycles. The number of benzene rings is 3. The largest absolute Gasteiger partial charge is 0.490 e. The van der Waals surface area contributed by atoms with E-state index < -0.39 is 24.3 Å². The van der Waals surface area contributed by atoms with E-state index >= 15 is 0 Å². The zero-order chi connectivity index (χ0) is 31.9. The quantitative estimate of drug-likeness (QED) is 0.104. The maximum atomic E-state index is 12.4. The SMILES string of the molecule is NN=Cc1ccc(NC(=O)Nc2ccccc2-c2cccc(C=NN)c2)cc1.O=C(O)C(F)(F)F.O=C(O)C(F)(F)F. The molecule has 0 aliphatic rings. The van der Waals surface area contributed by atoms with Gasteiger partial charge in [-0.15, -0.1) is 0 Å². The van der Waals surface area contributed by atoms with Crippen LogP contribution in [0.1, 0.15) is 11.1 Å². The van der Waals surface area contributed by atoms with Crippen molar-refractivity contribution >= 4 is 41.8 Å². The summed E-state index contributed by atoms with van der Waals surface area (Å²) in [6.45, 7) is 0. The first-order valence-corrected chi connectivity index (χ1v) is 11.0. The van der Waals surface area contributed by atoms with Crippen molar-refractivity contribution in [3.05, 3.63) is 83.9 Å². The lowest BCUT2D eigenvalue weighted by Gasteiger charge is -2.13. The molecule has 11 nitrogen and oxygen atoms in total. The van der Waals surface area contributed by atoms with Crippen molar-refractivity contribution in [3.63, 3.8) is 0 Å². The number of anilines is 2. The molecule has 0 bridgehead atoms. The molecule has 42 heavy (non-hydrogen) atoms. The summed E-state index contributed by atoms with van der Waals surface area (Å²) in [5.74, 6) is 4.85. The smallest absolute Gasteiger partial charge is 0.475 e. The highest BCUT2D eigenvalue weighted by Crippen LogP contribution is 2.28. The maximum absolute atomic E-state index is 12.4. The van der Waals surface area contributed by atoms with Gasteiger partial charge in [0.25, 0.3) is 0 Å². The monoisotopic (exact) mass is 600 g/mol. The summed E-state index contributed by atoms with van der Waals surface area (Å²) in [5.41, 5.74) is 4.90. The molecule has 3 aromatic rings. The predicted molar refractivity (Wildman–Crippen MR) is 142 cm³/mol. The van der Waals surface area contributed by atoms with Crippen LogP contribution in [0.15, 0.2) is 83.0 Å². The minimum atomic E-state index is -5.08. The summed E-state index contributed by atoms with van der Waals surface area (Å²) in [6, 6.07) is 22.1. The highest BCUT2D eigenvalue weighted by Gasteiger charge is 2.38. The van der Waals surface area contributed by atoms with Gasteiger partial charge >= 0.3 is 30.3 Å². The standard InChI is InChI=1S/C21H20N6O.2C2HF3O2/c22-24-13-15-8-10-18(11-9-15)26-21(28)27-20-7-2-1-6-19(20)17-5-3-4-16(12-17)14-25-23;2*3-2(4,5)1(6)7/h1-14H,22-23H2,(H2,26,27,28);2*(H,6,7). The van der Waals surface area contributed by atoms with Gasteiger partial charge in [-0.2, -0.15) is 36.5 Å². The summed E-state index contributed by atoms with van der Waals surface area (Å²) in [5, 5.41) is 27.0. The number of amides is 2. The third-order valence-electron chi connectivity index (χ3n) is 4.47. The first-order chi connectivity index (χ1) is 19.6. The Kier molecular flexibility index (Phi) is 13.0. The second-order valence-corrected chi connectivity index (χ2v) is 7.53. The molecule has 8 N–H and O–H groups in total. The van der Waals surface area contributed by atoms with Crippen LogP contribution in [0.4, 0.5) is 42.5 Å². The number of alkyl halides is 6. The lowest BCUT2D eigenvalue weighted by atomic mass is 10.0. The van der Waals surface area contributed by atoms with E-state index in [0.717, 1.165) is 22.3 Å². The van der Waals surface area contributed by atoms with Gasteiger partial charge in [0.1, 0.15) is 0 Å². The zero-order valence-corrected chi connectivity index (χ0v) is 21.0. The molecule has 0 aromatic heterocycles. The summed E-state index contributed by atoms with van der Waals surface area (Å²) in [6.07, 6.45) is -7.06. The molecule has 0 atom stereocenters. The fourth-order valence-corrected chi connectivity index (χ4v) is 2.74. The Labute approximate surface area is 233 Å². The van der Waals surface area contributed by atoms with Gasteiger partial charge in [-0.1, -0.05) is 48.5 Å². The Morgan fingerprint density at radius 3 is 1.69 bits per heavy atom. The van der Waals surface area contributed by atoms with Gasteiger partial charge in [0.05, 0.1) is 18.1 Å². The number of hydrazone groups is 2. The number of hydrogen-bond donors (Lipinski definition) is 6. The number of hydrogen-bond acceptors (Lipinski definition) is 7. The Bertz CT molecular complexity index is 1390. The van der Waals surface area contributed by atoms with Crippen LogP contribution in [0.5, 0.6) is 0 Å². The van der Waals surface area contributed by atoms with Crippen molar-refractivity contribution in [2.24, 2.45) is 21.9 Å². The summed E-state index contributed by atoms with van der Waals surface area (Å²) in [7, 11) is 0. The van der Waals surface area contributed by atoms with E-state index in [0.29, 0.717) is 11.4 Å². The van der Waals surface area contributed by atoms with Crippen molar-refractivity contribution in [3.8, 4) is 11.1 Å². The Balaban J connectivity index is 0.000000522. The second kappa shape index (κ2) is 15.8. The minimum absolute atomic E-state index is 0.340. The number of nitrogens with two attached hydrogens (primary N) is 2. The molecular formula is C25H22F6N6O5. The van der Waals surface area contributed by atoms with Crippen LogP contribution in [-0.2, 0) is 9.59 Å². The number of carbonyl (C=O) groups excluding carboxylic acids is 1. The van der Waals surface area contributed by atoms with E-state index in [1.54, 1.807) is 18.3 Å². The molecule has 0 saturated heterocycles. The molecule has 0 heterocycles. The van der Waals surface area contributed by atoms with E-state index in [9.17, 15) is 31.1 Å². The van der Waals surface area contributed by atoms with Crippen LogP contribution in [0.25, 0.3) is 11.1 Å². The number of carboxylic acid groups (broad SMARTS) is 2. The van der Waals surface area contributed by atoms with Gasteiger partial charge in [0.15, 0.2) is 0 Å². The number of nitrogens with zero attached hydrogens (tertiary/aromatic N) is 2. The Morgan fingerprint density at radius 1 is 0.690 bits per heavy atom. The molecule has 0 aliphatic heterocycles. The molecule has 0 spiro atoms. The fraction of sp³-hybridized carbons (Fsp3) is 0.0800.